The topological polar surface area (TPSA) is 26.3 Å². The molecule has 2 aromatic carbocycles. The fourth-order valence-electron chi connectivity index (χ4n) is 2.66. The second kappa shape index (κ2) is 4.39. The lowest BCUT2D eigenvalue weighted by Crippen LogP contribution is -1.99. The van der Waals surface area contributed by atoms with Crippen molar-refractivity contribution in [2.45, 2.75) is 13.8 Å². The van der Waals surface area contributed by atoms with Crippen LogP contribution in [0.1, 0.15) is 25.0 Å². The molecule has 0 radical (unpaired) electrons. The molecule has 0 amide bonds. The number of hydrogen-bond donors (Lipinski definition) is 0. The minimum absolute atomic E-state index is 0.285. The molecule has 2 heteroatoms. The maximum absolute atomic E-state index is 11.2. The molecule has 94 valence electrons. The van der Waals surface area contributed by atoms with E-state index in [4.69, 9.17) is 4.74 Å². The molecule has 0 unspecified atom stereocenters. The van der Waals surface area contributed by atoms with Gasteiger partial charge in [-0.3, -0.25) is 4.79 Å². The first kappa shape index (κ1) is 11.7. The molecule has 2 aromatic rings. The van der Waals surface area contributed by atoms with E-state index in [1.54, 1.807) is 0 Å². The van der Waals surface area contributed by atoms with Crippen LogP contribution in [0.2, 0.25) is 0 Å². The molecule has 0 bridgehead atoms. The summed E-state index contributed by atoms with van der Waals surface area (Å²) < 4.78 is 5.29. The second-order valence-corrected chi connectivity index (χ2v) is 4.62. The van der Waals surface area contributed by atoms with Gasteiger partial charge in [-0.25, -0.2) is 0 Å². The van der Waals surface area contributed by atoms with Crippen molar-refractivity contribution >= 4 is 11.5 Å². The number of ether oxygens (including phenoxy) is 1. The zero-order chi connectivity index (χ0) is 13.4. The van der Waals surface area contributed by atoms with Crippen molar-refractivity contribution in [3.63, 3.8) is 0 Å². The van der Waals surface area contributed by atoms with Crippen molar-refractivity contribution in [2.75, 3.05) is 0 Å². The molecule has 0 saturated carbocycles. The van der Waals surface area contributed by atoms with Crippen LogP contribution in [0.25, 0.3) is 16.7 Å². The van der Waals surface area contributed by atoms with Crippen LogP contribution in [0.3, 0.4) is 0 Å². The number of benzene rings is 2. The number of rotatable bonds is 1. The fourth-order valence-corrected chi connectivity index (χ4v) is 2.66. The van der Waals surface area contributed by atoms with Gasteiger partial charge in [0.2, 0.25) is 0 Å². The standard InChI is InChI=1S/C17H14O2/c1-11(19-12(2)18)17-15-9-5-3-7-13(15)14-8-4-6-10-16(14)17/h3-10H,1-2H3. The zero-order valence-corrected chi connectivity index (χ0v) is 10.9. The third kappa shape index (κ3) is 1.85. The van der Waals surface area contributed by atoms with Gasteiger partial charge in [0.25, 0.3) is 0 Å². The second-order valence-electron chi connectivity index (χ2n) is 4.62. The Kier molecular flexibility index (Phi) is 2.71. The van der Waals surface area contributed by atoms with Gasteiger partial charge in [0.15, 0.2) is 0 Å². The Labute approximate surface area is 112 Å². The van der Waals surface area contributed by atoms with Crippen LogP contribution in [0.4, 0.5) is 0 Å². The Bertz CT molecular complexity index is 648. The van der Waals surface area contributed by atoms with E-state index < -0.39 is 0 Å². The van der Waals surface area contributed by atoms with Crippen LogP contribution in [-0.2, 0) is 9.53 Å². The van der Waals surface area contributed by atoms with Crippen molar-refractivity contribution in [2.24, 2.45) is 0 Å². The quantitative estimate of drug-likeness (QED) is 0.482. The summed E-state index contributed by atoms with van der Waals surface area (Å²) in [6.07, 6.45) is 0. The van der Waals surface area contributed by atoms with E-state index in [0.29, 0.717) is 5.76 Å². The molecule has 1 aliphatic carbocycles. The maximum atomic E-state index is 11.2. The summed E-state index contributed by atoms with van der Waals surface area (Å²) in [5.74, 6) is 0.372. The lowest BCUT2D eigenvalue weighted by molar-refractivity contribution is -0.136. The van der Waals surface area contributed by atoms with Gasteiger partial charge in [-0.2, -0.15) is 0 Å². The van der Waals surface area contributed by atoms with E-state index >= 15 is 0 Å². The number of esters is 1. The molecule has 0 spiro atoms. The summed E-state index contributed by atoms with van der Waals surface area (Å²) in [4.78, 5) is 11.2. The highest BCUT2D eigenvalue weighted by atomic mass is 16.5. The Morgan fingerprint density at radius 2 is 1.21 bits per heavy atom. The predicted molar refractivity (Wildman–Crippen MR) is 75.3 cm³/mol. The monoisotopic (exact) mass is 250 g/mol. The summed E-state index contributed by atoms with van der Waals surface area (Å²) >= 11 is 0. The van der Waals surface area contributed by atoms with Gasteiger partial charge in [0.05, 0.1) is 0 Å². The molecule has 0 heterocycles. The van der Waals surface area contributed by atoms with Gasteiger partial charge in [-0.1, -0.05) is 48.5 Å². The molecule has 0 N–H and O–H groups in total. The van der Waals surface area contributed by atoms with Crippen molar-refractivity contribution < 1.29 is 9.53 Å². The minimum atomic E-state index is -0.285. The van der Waals surface area contributed by atoms with Crippen molar-refractivity contribution in [1.29, 1.82) is 0 Å². The summed E-state index contributed by atoms with van der Waals surface area (Å²) in [5.41, 5.74) is 5.66. The summed E-state index contributed by atoms with van der Waals surface area (Å²) in [6.45, 7) is 3.27. The third-order valence-corrected chi connectivity index (χ3v) is 3.33. The number of allylic oxidation sites excluding steroid dienone is 1. The number of hydrogen-bond acceptors (Lipinski definition) is 2. The summed E-state index contributed by atoms with van der Waals surface area (Å²) in [6, 6.07) is 16.4. The number of carbonyl (C=O) groups is 1. The zero-order valence-electron chi connectivity index (χ0n) is 10.9. The van der Waals surface area contributed by atoms with Crippen LogP contribution in [0.15, 0.2) is 54.3 Å². The molecule has 0 aromatic heterocycles. The molecule has 19 heavy (non-hydrogen) atoms. The Morgan fingerprint density at radius 1 is 0.789 bits per heavy atom. The minimum Gasteiger partial charge on any atom is -0.431 e. The van der Waals surface area contributed by atoms with E-state index in [9.17, 15) is 4.79 Å². The average molecular weight is 250 g/mol. The highest BCUT2D eigenvalue weighted by molar-refractivity contribution is 6.01. The van der Waals surface area contributed by atoms with Gasteiger partial charge in [0.1, 0.15) is 5.76 Å². The summed E-state index contributed by atoms with van der Waals surface area (Å²) in [5, 5.41) is 0. The van der Waals surface area contributed by atoms with Crippen LogP contribution in [0, 0.1) is 0 Å². The molecule has 1 aliphatic rings. The molecular formula is C17H14O2. The van der Waals surface area contributed by atoms with Gasteiger partial charge in [-0.15, -0.1) is 0 Å². The van der Waals surface area contributed by atoms with E-state index in [1.807, 2.05) is 31.2 Å². The maximum Gasteiger partial charge on any atom is 0.307 e. The van der Waals surface area contributed by atoms with Gasteiger partial charge in [-0.05, 0) is 29.2 Å². The first-order valence-corrected chi connectivity index (χ1v) is 6.27. The first-order valence-electron chi connectivity index (χ1n) is 6.27. The molecule has 0 atom stereocenters. The molecule has 0 saturated heterocycles. The molecule has 3 rings (SSSR count). The van der Waals surface area contributed by atoms with Crippen LogP contribution >= 0.6 is 0 Å². The smallest absolute Gasteiger partial charge is 0.307 e. The highest BCUT2D eigenvalue weighted by Gasteiger charge is 2.25. The number of carbonyl (C=O) groups excluding carboxylic acids is 1. The van der Waals surface area contributed by atoms with E-state index in [-0.39, 0.29) is 5.97 Å². The van der Waals surface area contributed by atoms with Crippen molar-refractivity contribution in [3.05, 3.63) is 65.4 Å². The fraction of sp³-hybridized carbons (Fsp3) is 0.118. The SMILES string of the molecule is CC(=O)OC(C)=C1c2ccccc2-c2ccccc21. The summed E-state index contributed by atoms with van der Waals surface area (Å²) in [7, 11) is 0. The normalized spacial score (nSPS) is 11.8. The van der Waals surface area contributed by atoms with Gasteiger partial charge < -0.3 is 4.74 Å². The Hall–Kier alpha value is -2.35. The predicted octanol–water partition coefficient (Wildman–Crippen LogP) is 4.01. The van der Waals surface area contributed by atoms with E-state index in [2.05, 4.69) is 24.3 Å². The lowest BCUT2D eigenvalue weighted by atomic mass is 10.0. The van der Waals surface area contributed by atoms with E-state index in [1.165, 1.54) is 18.1 Å². The van der Waals surface area contributed by atoms with Crippen molar-refractivity contribution in [3.8, 4) is 11.1 Å². The lowest BCUT2D eigenvalue weighted by Gasteiger charge is -2.08. The molecule has 0 fully saturated rings. The average Bonchev–Trinajstić information content (AvgIpc) is 2.72. The largest absolute Gasteiger partial charge is 0.431 e. The molecular weight excluding hydrogens is 236 g/mol. The molecule has 2 nitrogen and oxygen atoms in total. The third-order valence-electron chi connectivity index (χ3n) is 3.33. The first-order chi connectivity index (χ1) is 9.18. The highest BCUT2D eigenvalue weighted by Crippen LogP contribution is 2.45. The Morgan fingerprint density at radius 3 is 1.63 bits per heavy atom. The van der Waals surface area contributed by atoms with Gasteiger partial charge >= 0.3 is 5.97 Å². The number of fused-ring (bicyclic) bond motifs is 3. The van der Waals surface area contributed by atoms with Gasteiger partial charge in [0, 0.05) is 12.5 Å². The van der Waals surface area contributed by atoms with Crippen LogP contribution in [0.5, 0.6) is 0 Å². The molecule has 0 aliphatic heterocycles. The van der Waals surface area contributed by atoms with E-state index in [0.717, 1.165) is 16.7 Å². The van der Waals surface area contributed by atoms with Crippen LogP contribution in [-0.4, -0.2) is 5.97 Å². The van der Waals surface area contributed by atoms with Crippen molar-refractivity contribution in [1.82, 2.24) is 0 Å². The van der Waals surface area contributed by atoms with Crippen LogP contribution < -0.4 is 0 Å². The Balaban J connectivity index is 2.29.